The quantitative estimate of drug-likeness (QED) is 0.309. The Balaban J connectivity index is 2.00. The third-order valence-electron chi connectivity index (χ3n) is 5.16. The lowest BCUT2D eigenvalue weighted by Gasteiger charge is -2.25. The molecule has 2 rings (SSSR count). The topological polar surface area (TPSA) is 27.0 Å². The van der Waals surface area contributed by atoms with Crippen LogP contribution >= 0.6 is 0 Å². The third-order valence-corrected chi connectivity index (χ3v) is 5.16. The summed E-state index contributed by atoms with van der Waals surface area (Å²) in [6.45, 7) is 6.81. The fourth-order valence-corrected chi connectivity index (χ4v) is 3.36. The van der Waals surface area contributed by atoms with E-state index in [2.05, 4.69) is 60.9 Å². The summed E-state index contributed by atoms with van der Waals surface area (Å²) in [5, 5.41) is 8.88. The highest BCUT2D eigenvalue weighted by Gasteiger charge is 2.06. The average Bonchev–Trinajstić information content (AvgIpc) is 2.77. The summed E-state index contributed by atoms with van der Waals surface area (Å²) >= 11 is 0. The van der Waals surface area contributed by atoms with Crippen LogP contribution in [0.3, 0.4) is 0 Å². The summed E-state index contributed by atoms with van der Waals surface area (Å²) < 4.78 is 0. The van der Waals surface area contributed by atoms with Crippen LogP contribution in [0, 0.1) is 23.2 Å². The fraction of sp³-hybridized carbons (Fsp3) is 0.444. The van der Waals surface area contributed by atoms with Crippen LogP contribution in [0.5, 0.6) is 0 Å². The molecular formula is C27H34N2. The van der Waals surface area contributed by atoms with E-state index in [-0.39, 0.29) is 0 Å². The van der Waals surface area contributed by atoms with Crippen molar-refractivity contribution in [1.82, 2.24) is 0 Å². The number of hydrogen-bond acceptors (Lipinski definition) is 2. The molecule has 2 heteroatoms. The van der Waals surface area contributed by atoms with Gasteiger partial charge in [0.25, 0.3) is 0 Å². The molecule has 0 aliphatic heterocycles. The lowest BCUT2D eigenvalue weighted by atomic mass is 10.1. The van der Waals surface area contributed by atoms with Crippen molar-refractivity contribution < 1.29 is 0 Å². The van der Waals surface area contributed by atoms with Gasteiger partial charge < -0.3 is 4.90 Å². The molecule has 0 bridgehead atoms. The Kier molecular flexibility index (Phi) is 10.5. The van der Waals surface area contributed by atoms with E-state index < -0.39 is 0 Å². The van der Waals surface area contributed by atoms with Gasteiger partial charge in [-0.3, -0.25) is 0 Å². The molecule has 2 aromatic carbocycles. The van der Waals surface area contributed by atoms with Gasteiger partial charge in [0, 0.05) is 29.9 Å². The van der Waals surface area contributed by atoms with Crippen molar-refractivity contribution in [3.05, 3.63) is 65.2 Å². The first-order valence-electron chi connectivity index (χ1n) is 11.1. The maximum Gasteiger partial charge on any atom is 0.0991 e. The van der Waals surface area contributed by atoms with Gasteiger partial charge in [-0.2, -0.15) is 5.26 Å². The van der Waals surface area contributed by atoms with Crippen LogP contribution < -0.4 is 4.90 Å². The molecule has 0 heterocycles. The first kappa shape index (κ1) is 22.6. The maximum absolute atomic E-state index is 8.88. The molecule has 0 aliphatic rings. The molecule has 0 aromatic heterocycles. The molecule has 2 aromatic rings. The Morgan fingerprint density at radius 2 is 1.07 bits per heavy atom. The summed E-state index contributed by atoms with van der Waals surface area (Å²) in [5.41, 5.74) is 3.93. The van der Waals surface area contributed by atoms with Gasteiger partial charge in [-0.1, -0.05) is 64.2 Å². The van der Waals surface area contributed by atoms with Crippen molar-refractivity contribution in [1.29, 1.82) is 5.26 Å². The van der Waals surface area contributed by atoms with E-state index in [0.29, 0.717) is 5.56 Å². The molecule has 0 amide bonds. The number of rotatable bonds is 11. The van der Waals surface area contributed by atoms with Crippen LogP contribution in [0.15, 0.2) is 48.5 Å². The number of benzene rings is 2. The molecule has 29 heavy (non-hydrogen) atoms. The highest BCUT2D eigenvalue weighted by Crippen LogP contribution is 2.18. The monoisotopic (exact) mass is 386 g/mol. The maximum atomic E-state index is 8.88. The van der Waals surface area contributed by atoms with E-state index in [9.17, 15) is 0 Å². The zero-order valence-corrected chi connectivity index (χ0v) is 18.1. The molecule has 0 spiro atoms. The molecule has 2 nitrogen and oxygen atoms in total. The van der Waals surface area contributed by atoms with Gasteiger partial charge in [0.1, 0.15) is 0 Å². The second kappa shape index (κ2) is 13.5. The van der Waals surface area contributed by atoms with Crippen LogP contribution in [0.25, 0.3) is 0 Å². The van der Waals surface area contributed by atoms with Crippen molar-refractivity contribution >= 4 is 5.69 Å². The van der Waals surface area contributed by atoms with Crippen molar-refractivity contribution in [2.24, 2.45) is 0 Å². The molecule has 0 fully saturated rings. The Hall–Kier alpha value is -2.71. The Labute approximate surface area is 177 Å². The molecule has 0 atom stereocenters. The number of anilines is 1. The van der Waals surface area contributed by atoms with Gasteiger partial charge >= 0.3 is 0 Å². The molecule has 0 saturated heterocycles. The minimum atomic E-state index is 0.665. The minimum Gasteiger partial charge on any atom is -0.372 e. The van der Waals surface area contributed by atoms with E-state index in [0.717, 1.165) is 24.2 Å². The largest absolute Gasteiger partial charge is 0.372 e. The van der Waals surface area contributed by atoms with Gasteiger partial charge in [0.2, 0.25) is 0 Å². The van der Waals surface area contributed by atoms with E-state index >= 15 is 0 Å². The van der Waals surface area contributed by atoms with Crippen molar-refractivity contribution in [2.75, 3.05) is 18.0 Å². The van der Waals surface area contributed by atoms with Gasteiger partial charge in [0.15, 0.2) is 0 Å². The first-order chi connectivity index (χ1) is 14.3. The summed E-state index contributed by atoms with van der Waals surface area (Å²) in [6.07, 6.45) is 10.4. The van der Waals surface area contributed by atoms with Gasteiger partial charge in [0.05, 0.1) is 11.6 Å². The van der Waals surface area contributed by atoms with E-state index in [1.807, 2.05) is 24.3 Å². The molecule has 0 saturated carbocycles. The van der Waals surface area contributed by atoms with Crippen LogP contribution in [0.1, 0.15) is 81.9 Å². The zero-order valence-electron chi connectivity index (χ0n) is 18.1. The van der Waals surface area contributed by atoms with Crippen LogP contribution in [0.2, 0.25) is 0 Å². The molecule has 0 unspecified atom stereocenters. The summed E-state index contributed by atoms with van der Waals surface area (Å²) in [5.74, 6) is 6.42. The normalized spacial score (nSPS) is 10.1. The molecular weight excluding hydrogens is 352 g/mol. The minimum absolute atomic E-state index is 0.665. The van der Waals surface area contributed by atoms with Crippen LogP contribution in [0.4, 0.5) is 5.69 Å². The van der Waals surface area contributed by atoms with Crippen molar-refractivity contribution in [3.8, 4) is 17.9 Å². The Morgan fingerprint density at radius 3 is 1.52 bits per heavy atom. The number of nitriles is 1. The van der Waals surface area contributed by atoms with Crippen LogP contribution in [-0.4, -0.2) is 13.1 Å². The fourth-order valence-electron chi connectivity index (χ4n) is 3.36. The Morgan fingerprint density at radius 1 is 0.621 bits per heavy atom. The van der Waals surface area contributed by atoms with Crippen molar-refractivity contribution in [3.63, 3.8) is 0 Å². The molecule has 0 aliphatic carbocycles. The lowest BCUT2D eigenvalue weighted by molar-refractivity contribution is 0.609. The SMILES string of the molecule is CCCCCCN(CCCCCC)c1ccc(C#Cc2ccc(C#N)cc2)cc1. The predicted molar refractivity (Wildman–Crippen MR) is 124 cm³/mol. The van der Waals surface area contributed by atoms with E-state index in [1.165, 1.54) is 57.1 Å². The lowest BCUT2D eigenvalue weighted by Crippen LogP contribution is -2.25. The van der Waals surface area contributed by atoms with Gasteiger partial charge in [-0.05, 0) is 61.4 Å². The number of hydrogen-bond donors (Lipinski definition) is 0. The average molecular weight is 387 g/mol. The third kappa shape index (κ3) is 8.45. The first-order valence-corrected chi connectivity index (χ1v) is 11.1. The van der Waals surface area contributed by atoms with E-state index in [4.69, 9.17) is 5.26 Å². The second-order valence-electron chi connectivity index (χ2n) is 7.59. The zero-order chi connectivity index (χ0) is 20.7. The van der Waals surface area contributed by atoms with E-state index in [1.54, 1.807) is 0 Å². The van der Waals surface area contributed by atoms with Gasteiger partial charge in [-0.15, -0.1) is 0 Å². The standard InChI is InChI=1S/C27H34N2/c1-3-5-7-9-21-29(22-10-8-6-4-2)27-19-17-25(18-20-27)12-11-24-13-15-26(23-28)16-14-24/h13-20H,3-10,21-22H2,1-2H3. The highest BCUT2D eigenvalue weighted by atomic mass is 15.1. The molecule has 0 radical (unpaired) electrons. The van der Waals surface area contributed by atoms with Crippen LogP contribution in [-0.2, 0) is 0 Å². The summed E-state index contributed by atoms with van der Waals surface area (Å²) in [7, 11) is 0. The van der Waals surface area contributed by atoms with Gasteiger partial charge in [-0.25, -0.2) is 0 Å². The summed E-state index contributed by atoms with van der Waals surface area (Å²) in [4.78, 5) is 2.54. The number of unbranched alkanes of at least 4 members (excludes halogenated alkanes) is 6. The molecule has 0 N–H and O–H groups in total. The van der Waals surface area contributed by atoms with Crippen molar-refractivity contribution in [2.45, 2.75) is 65.2 Å². The number of nitrogens with zero attached hydrogens (tertiary/aromatic N) is 2. The predicted octanol–water partition coefficient (Wildman–Crippen LogP) is 6.93. The smallest absolute Gasteiger partial charge is 0.0991 e. The Bertz CT molecular complexity index is 789. The molecule has 152 valence electrons. The highest BCUT2D eigenvalue weighted by molar-refractivity contribution is 5.52. The summed E-state index contributed by atoms with van der Waals surface area (Å²) in [6, 6.07) is 18.2. The second-order valence-corrected chi connectivity index (χ2v) is 7.59.